The summed E-state index contributed by atoms with van der Waals surface area (Å²) in [5, 5.41) is 20.6. The van der Waals surface area contributed by atoms with Gasteiger partial charge < -0.3 is 34.2 Å². The van der Waals surface area contributed by atoms with Crippen LogP contribution >= 0.6 is 15.6 Å². The molecule has 0 bridgehead atoms. The molecule has 0 aliphatic rings. The molecule has 16 nitrogen and oxygen atoms in total. The van der Waals surface area contributed by atoms with Gasteiger partial charge in [0.25, 0.3) is 0 Å². The smallest absolute Gasteiger partial charge is 0.463 e. The van der Waals surface area contributed by atoms with Gasteiger partial charge in [-0.05, 0) is 135 Å². The Bertz CT molecular complexity index is 2440. The van der Waals surface area contributed by atoms with Crippen molar-refractivity contribution in [1.82, 2.24) is 0 Å². The van der Waals surface area contributed by atoms with Gasteiger partial charge >= 0.3 is 33.6 Å². The number of unbranched alkanes of at least 4 members (excludes halogenated alkanes) is 33. The molecule has 4 N–H and O–H groups in total. The standard InChI is InChI=1S/C87H150O16P2/c1-4-7-10-13-16-19-22-24-26-28-30-32-34-36-38-39-40-41-43-45-46-48-50-52-54-56-59-61-64-67-70-73-85(90)97-76-82(88)77-99-104(93,94)100-78-83(89)79-101-105(95,96)102-81-84(103-87(92)75-72-69-66-63-58-21-18-15-12-9-6-3)80-98-86(91)74-71-68-65-62-60-57-55-53-51-49-47-44-42-37-35-33-31-29-27-25-23-20-17-14-11-8-5-2/h8,11,15-20,24-27,30-33,36-38,42,47,49,82-84,88-89H,4-7,9-10,12-14,21-23,28-29,34-35,39-41,43-46,48,50-81H2,1-3H3,(H,93,94)(H,95,96)/b11-8-,18-15-,19-16-,20-17-,26-24-,27-25-,32-30-,33-31-,38-36-,42-37-,49-47-. The quantitative estimate of drug-likeness (QED) is 0.0146. The summed E-state index contributed by atoms with van der Waals surface area (Å²) < 4.78 is 61.1. The number of phosphoric ester groups is 2. The predicted molar refractivity (Wildman–Crippen MR) is 436 cm³/mol. The highest BCUT2D eigenvalue weighted by molar-refractivity contribution is 7.47. The van der Waals surface area contributed by atoms with Gasteiger partial charge in [0.2, 0.25) is 0 Å². The van der Waals surface area contributed by atoms with E-state index in [-0.39, 0.29) is 19.3 Å². The van der Waals surface area contributed by atoms with E-state index in [0.717, 1.165) is 154 Å². The number of hydrogen-bond acceptors (Lipinski definition) is 14. The summed E-state index contributed by atoms with van der Waals surface area (Å²) in [4.78, 5) is 58.6. The van der Waals surface area contributed by atoms with Gasteiger partial charge in [-0.2, -0.15) is 0 Å². The number of allylic oxidation sites excluding steroid dienone is 22. The van der Waals surface area contributed by atoms with Crippen molar-refractivity contribution in [2.24, 2.45) is 0 Å². The molecule has 0 saturated heterocycles. The average Bonchev–Trinajstić information content (AvgIpc) is 0.918. The first-order valence-corrected chi connectivity index (χ1v) is 44.5. The van der Waals surface area contributed by atoms with Crippen molar-refractivity contribution >= 4 is 33.6 Å². The van der Waals surface area contributed by atoms with Crippen LogP contribution in [0.15, 0.2) is 134 Å². The Morgan fingerprint density at radius 1 is 0.276 bits per heavy atom. The van der Waals surface area contributed by atoms with Gasteiger partial charge in [0.05, 0.1) is 26.4 Å². The lowest BCUT2D eigenvalue weighted by atomic mass is 10.0. The van der Waals surface area contributed by atoms with E-state index in [0.29, 0.717) is 19.3 Å². The highest BCUT2D eigenvalue weighted by Crippen LogP contribution is 2.45. The van der Waals surface area contributed by atoms with Crippen LogP contribution in [-0.4, -0.2) is 95.9 Å². The van der Waals surface area contributed by atoms with Crippen LogP contribution < -0.4 is 0 Å². The van der Waals surface area contributed by atoms with Crippen molar-refractivity contribution < 1.29 is 75.8 Å². The molecule has 0 heterocycles. The molecule has 0 amide bonds. The Labute approximate surface area is 639 Å². The third-order valence-electron chi connectivity index (χ3n) is 17.3. The Morgan fingerprint density at radius 3 is 0.838 bits per heavy atom. The minimum atomic E-state index is -4.93. The highest BCUT2D eigenvalue weighted by Gasteiger charge is 2.29. The predicted octanol–water partition coefficient (Wildman–Crippen LogP) is 24.7. The van der Waals surface area contributed by atoms with Crippen LogP contribution in [0.1, 0.15) is 342 Å². The van der Waals surface area contributed by atoms with Gasteiger partial charge in [0.1, 0.15) is 25.4 Å². The Kier molecular flexibility index (Phi) is 76.0. The Morgan fingerprint density at radius 2 is 0.514 bits per heavy atom. The van der Waals surface area contributed by atoms with Gasteiger partial charge in [-0.25, -0.2) is 9.13 Å². The molecule has 604 valence electrons. The van der Waals surface area contributed by atoms with Gasteiger partial charge in [0.15, 0.2) is 6.10 Å². The summed E-state index contributed by atoms with van der Waals surface area (Å²) in [6, 6.07) is 0. The summed E-state index contributed by atoms with van der Waals surface area (Å²) in [5.74, 6) is -1.59. The largest absolute Gasteiger partial charge is 0.472 e. The van der Waals surface area contributed by atoms with Crippen LogP contribution in [0, 0.1) is 0 Å². The Balaban J connectivity index is 4.42. The fraction of sp³-hybridized carbons (Fsp3) is 0.713. The summed E-state index contributed by atoms with van der Waals surface area (Å²) in [5.41, 5.74) is 0. The van der Waals surface area contributed by atoms with Crippen LogP contribution in [-0.2, 0) is 55.8 Å². The van der Waals surface area contributed by atoms with E-state index in [9.17, 15) is 43.5 Å². The molecular formula is C87H150O16P2. The first kappa shape index (κ1) is 101. The molecule has 0 fully saturated rings. The summed E-state index contributed by atoms with van der Waals surface area (Å²) >= 11 is 0. The van der Waals surface area contributed by atoms with E-state index in [1.54, 1.807) is 0 Å². The molecule has 0 rings (SSSR count). The molecule has 0 aliphatic heterocycles. The molecule has 0 aromatic carbocycles. The maximum atomic E-state index is 12.9. The zero-order chi connectivity index (χ0) is 76.6. The number of phosphoric acid groups is 2. The van der Waals surface area contributed by atoms with E-state index in [1.165, 1.54) is 128 Å². The first-order valence-electron chi connectivity index (χ1n) is 41.5. The summed E-state index contributed by atoms with van der Waals surface area (Å²) in [7, 11) is -9.79. The monoisotopic (exact) mass is 1510 g/mol. The molecule has 18 heteroatoms. The van der Waals surface area contributed by atoms with E-state index >= 15 is 0 Å². The van der Waals surface area contributed by atoms with E-state index in [1.807, 2.05) is 0 Å². The van der Waals surface area contributed by atoms with Crippen molar-refractivity contribution in [3.05, 3.63) is 134 Å². The van der Waals surface area contributed by atoms with Crippen molar-refractivity contribution in [1.29, 1.82) is 0 Å². The lowest BCUT2D eigenvalue weighted by molar-refractivity contribution is -0.161. The number of carbonyl (C=O) groups is 3. The lowest BCUT2D eigenvalue weighted by Gasteiger charge is -2.21. The topological polar surface area (TPSA) is 231 Å². The van der Waals surface area contributed by atoms with Gasteiger partial charge in [-0.1, -0.05) is 321 Å². The van der Waals surface area contributed by atoms with Crippen molar-refractivity contribution in [3.8, 4) is 0 Å². The molecule has 105 heavy (non-hydrogen) atoms. The minimum absolute atomic E-state index is 0.0899. The van der Waals surface area contributed by atoms with Crippen molar-refractivity contribution in [2.45, 2.75) is 360 Å². The molecule has 0 aromatic heterocycles. The van der Waals surface area contributed by atoms with Crippen LogP contribution in [0.4, 0.5) is 0 Å². The maximum Gasteiger partial charge on any atom is 0.472 e. The second-order valence-electron chi connectivity index (χ2n) is 27.5. The fourth-order valence-electron chi connectivity index (χ4n) is 11.0. The minimum Gasteiger partial charge on any atom is -0.463 e. The molecule has 0 spiro atoms. The number of aliphatic hydroxyl groups excluding tert-OH is 2. The van der Waals surface area contributed by atoms with Crippen molar-refractivity contribution in [2.75, 3.05) is 39.6 Å². The zero-order valence-electron chi connectivity index (χ0n) is 66.1. The zero-order valence-corrected chi connectivity index (χ0v) is 67.9. The third kappa shape index (κ3) is 80.5. The maximum absolute atomic E-state index is 12.9. The SMILES string of the molecule is CC/C=C\C/C=C\C/C=C\C/C=C\C/C=C\C/C=C\CCCCCCCCCCC(=O)OCC(COP(=O)(O)OCC(O)COP(=O)(O)OCC(O)COC(=O)CCCCCCCCCCCCCCCCC/C=C\C/C=C\C/C=C\C/C=C\CCCCC)OC(=O)CCCCCCC/C=C\CCCC. The number of carbonyl (C=O) groups excluding carboxylic acids is 3. The number of hydrogen-bond donors (Lipinski definition) is 4. The lowest BCUT2D eigenvalue weighted by Crippen LogP contribution is -2.30. The summed E-state index contributed by atoms with van der Waals surface area (Å²) in [6.45, 7) is 2.49. The summed E-state index contributed by atoms with van der Waals surface area (Å²) in [6.07, 6.45) is 96.6. The normalized spacial score (nSPS) is 14.6. The van der Waals surface area contributed by atoms with Gasteiger partial charge in [-0.15, -0.1) is 0 Å². The highest BCUT2D eigenvalue weighted by atomic mass is 31.2. The van der Waals surface area contributed by atoms with Crippen LogP contribution in [0.2, 0.25) is 0 Å². The van der Waals surface area contributed by atoms with Crippen molar-refractivity contribution in [3.63, 3.8) is 0 Å². The number of ether oxygens (including phenoxy) is 3. The average molecular weight is 1510 g/mol. The molecule has 5 atom stereocenters. The molecule has 0 radical (unpaired) electrons. The van der Waals surface area contributed by atoms with Gasteiger partial charge in [0, 0.05) is 19.3 Å². The van der Waals surface area contributed by atoms with Gasteiger partial charge in [-0.3, -0.25) is 32.5 Å². The second kappa shape index (κ2) is 79.2. The van der Waals surface area contributed by atoms with E-state index in [2.05, 4.69) is 154 Å². The van der Waals surface area contributed by atoms with E-state index < -0.39 is 91.5 Å². The molecule has 5 unspecified atom stereocenters. The number of esters is 3. The fourth-order valence-corrected chi connectivity index (χ4v) is 12.6. The van der Waals surface area contributed by atoms with Crippen LogP contribution in [0.25, 0.3) is 0 Å². The molecule has 0 aromatic rings. The van der Waals surface area contributed by atoms with E-state index in [4.69, 9.17) is 32.3 Å². The molecular weight excluding hydrogens is 1360 g/mol. The molecule has 0 aliphatic carbocycles. The third-order valence-corrected chi connectivity index (χ3v) is 19.2. The number of rotatable bonds is 78. The van der Waals surface area contributed by atoms with Crippen LogP contribution in [0.3, 0.4) is 0 Å². The number of aliphatic hydroxyl groups is 2. The second-order valence-corrected chi connectivity index (χ2v) is 30.4. The Hall–Kier alpha value is -4.31. The van der Waals surface area contributed by atoms with Crippen LogP contribution in [0.5, 0.6) is 0 Å². The first-order chi connectivity index (χ1) is 51.2. The molecule has 0 saturated carbocycles.